The molecule has 1 fully saturated rings. The maximum Gasteiger partial charge on any atom is 0.416 e. The third kappa shape index (κ3) is 3.57. The number of halogens is 3. The summed E-state index contributed by atoms with van der Waals surface area (Å²) in [4.78, 5) is 15.9. The summed E-state index contributed by atoms with van der Waals surface area (Å²) in [6.45, 7) is 2.98. The molecule has 0 atom stereocenters. The van der Waals surface area contributed by atoms with Crippen LogP contribution in [0.1, 0.15) is 21.6 Å². The average molecular weight is 350 g/mol. The molecule has 0 radical (unpaired) electrons. The van der Waals surface area contributed by atoms with Gasteiger partial charge in [-0.15, -0.1) is 5.10 Å². The number of carbonyl (C=O) groups excluding carboxylic acids is 1. The van der Waals surface area contributed by atoms with Crippen molar-refractivity contribution in [2.24, 2.45) is 0 Å². The van der Waals surface area contributed by atoms with Crippen molar-refractivity contribution in [1.82, 2.24) is 15.1 Å². The molecular weight excluding hydrogens is 333 g/mol. The third-order valence-electron chi connectivity index (χ3n) is 4.27. The van der Waals surface area contributed by atoms with Crippen molar-refractivity contribution in [2.75, 3.05) is 25.0 Å². The first-order valence-corrected chi connectivity index (χ1v) is 7.75. The zero-order valence-electron chi connectivity index (χ0n) is 13.8. The van der Waals surface area contributed by atoms with Crippen LogP contribution in [0.2, 0.25) is 0 Å². The summed E-state index contributed by atoms with van der Waals surface area (Å²) >= 11 is 0. The number of rotatable bonds is 3. The largest absolute Gasteiger partial charge is 0.416 e. The zero-order chi connectivity index (χ0) is 18.2. The summed E-state index contributed by atoms with van der Waals surface area (Å²) in [6.07, 6.45) is -4.47. The minimum atomic E-state index is -4.47. The number of anilines is 1. The summed E-state index contributed by atoms with van der Waals surface area (Å²) < 4.78 is 38.4. The topological polar surface area (TPSA) is 49.3 Å². The summed E-state index contributed by atoms with van der Waals surface area (Å²) in [7, 11) is 1.60. The van der Waals surface area contributed by atoms with Crippen molar-refractivity contribution >= 4 is 11.7 Å². The predicted molar refractivity (Wildman–Crippen MR) is 86.3 cm³/mol. The number of aromatic nitrogens is 2. The van der Waals surface area contributed by atoms with E-state index >= 15 is 0 Å². The van der Waals surface area contributed by atoms with Crippen molar-refractivity contribution in [3.63, 3.8) is 0 Å². The summed E-state index contributed by atoms with van der Waals surface area (Å²) in [5, 5.41) is 8.07. The highest BCUT2D eigenvalue weighted by Crippen LogP contribution is 2.30. The highest BCUT2D eigenvalue weighted by molar-refractivity contribution is 5.94. The zero-order valence-corrected chi connectivity index (χ0v) is 13.8. The molecule has 1 saturated heterocycles. The standard InChI is InChI=1S/C17H17F3N4O/c1-11-6-7-15(22-21-11)24-9-14(10-24)23(2)16(25)12-4-3-5-13(8-12)17(18,19)20/h3-8,14H,9-10H2,1-2H3. The Bertz CT molecular complexity index is 770. The molecule has 0 unspecified atom stereocenters. The van der Waals surface area contributed by atoms with Crippen molar-refractivity contribution < 1.29 is 18.0 Å². The molecular formula is C17H17F3N4O. The second-order valence-electron chi connectivity index (χ2n) is 6.09. The van der Waals surface area contributed by atoms with E-state index in [1.807, 2.05) is 24.0 Å². The van der Waals surface area contributed by atoms with Gasteiger partial charge >= 0.3 is 6.18 Å². The molecule has 1 aromatic carbocycles. The van der Waals surface area contributed by atoms with E-state index in [1.54, 1.807) is 7.05 Å². The average Bonchev–Trinajstić information content (AvgIpc) is 2.54. The number of amides is 1. The van der Waals surface area contributed by atoms with Crippen LogP contribution in [-0.4, -0.2) is 47.2 Å². The number of likely N-dealkylation sites (N-methyl/N-ethyl adjacent to an activating group) is 1. The van der Waals surface area contributed by atoms with Crippen LogP contribution in [0.3, 0.4) is 0 Å². The van der Waals surface area contributed by atoms with Gasteiger partial charge in [-0.1, -0.05) is 6.07 Å². The van der Waals surface area contributed by atoms with E-state index in [-0.39, 0.29) is 11.6 Å². The normalized spacial score (nSPS) is 15.0. The fourth-order valence-corrected chi connectivity index (χ4v) is 2.65. The molecule has 0 aliphatic carbocycles. The van der Waals surface area contributed by atoms with Crippen LogP contribution >= 0.6 is 0 Å². The number of carbonyl (C=O) groups is 1. The first kappa shape index (κ1) is 17.2. The molecule has 2 heterocycles. The fraction of sp³-hybridized carbons (Fsp3) is 0.353. The van der Waals surface area contributed by atoms with Gasteiger partial charge in [0.1, 0.15) is 0 Å². The van der Waals surface area contributed by atoms with Gasteiger partial charge in [0.2, 0.25) is 0 Å². The lowest BCUT2D eigenvalue weighted by Crippen LogP contribution is -2.60. The van der Waals surface area contributed by atoms with E-state index < -0.39 is 17.6 Å². The van der Waals surface area contributed by atoms with Crippen molar-refractivity contribution in [3.8, 4) is 0 Å². The molecule has 132 valence electrons. The molecule has 0 spiro atoms. The fourth-order valence-electron chi connectivity index (χ4n) is 2.65. The second-order valence-corrected chi connectivity index (χ2v) is 6.09. The lowest BCUT2D eigenvalue weighted by Gasteiger charge is -2.44. The molecule has 25 heavy (non-hydrogen) atoms. The molecule has 1 aliphatic heterocycles. The van der Waals surface area contributed by atoms with Gasteiger partial charge in [-0.3, -0.25) is 4.79 Å². The van der Waals surface area contributed by atoms with E-state index in [0.717, 1.165) is 23.6 Å². The molecule has 8 heteroatoms. The molecule has 3 rings (SSSR count). The Morgan fingerprint density at radius 1 is 1.20 bits per heavy atom. The number of hydrogen-bond donors (Lipinski definition) is 0. The van der Waals surface area contributed by atoms with Crippen molar-refractivity contribution in [3.05, 3.63) is 53.2 Å². The Hall–Kier alpha value is -2.64. The number of hydrogen-bond acceptors (Lipinski definition) is 4. The first-order valence-electron chi connectivity index (χ1n) is 7.75. The van der Waals surface area contributed by atoms with Crippen LogP contribution in [0.4, 0.5) is 19.0 Å². The smallest absolute Gasteiger partial charge is 0.351 e. The van der Waals surface area contributed by atoms with Crippen molar-refractivity contribution in [2.45, 2.75) is 19.1 Å². The van der Waals surface area contributed by atoms with Gasteiger partial charge in [0.15, 0.2) is 5.82 Å². The van der Waals surface area contributed by atoms with Gasteiger partial charge in [0.05, 0.1) is 17.3 Å². The van der Waals surface area contributed by atoms with Gasteiger partial charge in [0, 0.05) is 25.7 Å². The Balaban J connectivity index is 1.65. The Morgan fingerprint density at radius 2 is 1.92 bits per heavy atom. The van der Waals surface area contributed by atoms with E-state index in [9.17, 15) is 18.0 Å². The molecule has 1 aliphatic rings. The second kappa shape index (κ2) is 6.34. The summed E-state index contributed by atoms with van der Waals surface area (Å²) in [5.41, 5.74) is 0.0282. The minimum absolute atomic E-state index is 0.0332. The van der Waals surface area contributed by atoms with E-state index in [0.29, 0.717) is 13.1 Å². The number of benzene rings is 1. The van der Waals surface area contributed by atoms with Crippen LogP contribution in [0.25, 0.3) is 0 Å². The molecule has 1 aromatic heterocycles. The highest BCUT2D eigenvalue weighted by Gasteiger charge is 2.35. The van der Waals surface area contributed by atoms with Gasteiger partial charge in [-0.2, -0.15) is 18.3 Å². The summed E-state index contributed by atoms with van der Waals surface area (Å²) in [5.74, 6) is 0.299. The van der Waals surface area contributed by atoms with E-state index in [2.05, 4.69) is 10.2 Å². The molecule has 5 nitrogen and oxygen atoms in total. The molecule has 1 amide bonds. The number of alkyl halides is 3. The van der Waals surface area contributed by atoms with E-state index in [4.69, 9.17) is 0 Å². The van der Waals surface area contributed by atoms with Crippen LogP contribution in [0.15, 0.2) is 36.4 Å². The maximum atomic E-state index is 12.8. The molecule has 0 N–H and O–H groups in total. The minimum Gasteiger partial charge on any atom is -0.351 e. The molecule has 2 aromatic rings. The van der Waals surface area contributed by atoms with Gasteiger partial charge in [-0.25, -0.2) is 0 Å². The lowest BCUT2D eigenvalue weighted by molar-refractivity contribution is -0.137. The van der Waals surface area contributed by atoms with E-state index in [1.165, 1.54) is 17.0 Å². The van der Waals surface area contributed by atoms with Crippen molar-refractivity contribution in [1.29, 1.82) is 0 Å². The maximum absolute atomic E-state index is 12.8. The molecule has 0 bridgehead atoms. The monoisotopic (exact) mass is 350 g/mol. The van der Waals surface area contributed by atoms with Crippen LogP contribution in [0, 0.1) is 6.92 Å². The van der Waals surface area contributed by atoms with Gasteiger partial charge < -0.3 is 9.80 Å². The third-order valence-corrected chi connectivity index (χ3v) is 4.27. The van der Waals surface area contributed by atoms with Crippen LogP contribution in [0.5, 0.6) is 0 Å². The lowest BCUT2D eigenvalue weighted by atomic mass is 10.0. The molecule has 0 saturated carbocycles. The highest BCUT2D eigenvalue weighted by atomic mass is 19.4. The number of aryl methyl sites for hydroxylation is 1. The number of nitrogens with zero attached hydrogens (tertiary/aromatic N) is 4. The predicted octanol–water partition coefficient (Wildman–Crippen LogP) is 2.76. The summed E-state index contributed by atoms with van der Waals surface area (Å²) in [6, 6.07) is 8.12. The SMILES string of the molecule is Cc1ccc(N2CC(N(C)C(=O)c3cccc(C(F)(F)F)c3)C2)nn1. The Kier molecular flexibility index (Phi) is 4.36. The quantitative estimate of drug-likeness (QED) is 0.854. The van der Waals surface area contributed by atoms with Crippen LogP contribution in [-0.2, 0) is 6.18 Å². The Labute approximate surface area is 143 Å². The van der Waals surface area contributed by atoms with Gasteiger partial charge in [-0.05, 0) is 37.3 Å². The van der Waals surface area contributed by atoms with Crippen LogP contribution < -0.4 is 4.90 Å². The first-order chi connectivity index (χ1) is 11.8. The Morgan fingerprint density at radius 3 is 2.52 bits per heavy atom. The van der Waals surface area contributed by atoms with Gasteiger partial charge in [0.25, 0.3) is 5.91 Å².